The number of carbonyl (C=O) groups is 1. The van der Waals surface area contributed by atoms with Crippen molar-refractivity contribution in [2.45, 2.75) is 38.6 Å². The van der Waals surface area contributed by atoms with E-state index in [1.165, 1.54) is 11.3 Å². The van der Waals surface area contributed by atoms with Crippen LogP contribution in [-0.4, -0.2) is 18.1 Å². The Hall–Kier alpha value is -0.680. The lowest BCUT2D eigenvalue weighted by Gasteiger charge is -2.08. The second kappa shape index (κ2) is 5.78. The summed E-state index contributed by atoms with van der Waals surface area (Å²) in [7, 11) is 0. The molecule has 5 heteroatoms. The fourth-order valence-electron chi connectivity index (χ4n) is 1.43. The molecule has 3 nitrogen and oxygen atoms in total. The molecule has 0 aromatic carbocycles. The molecule has 0 radical (unpaired) electrons. The predicted octanol–water partition coefficient (Wildman–Crippen LogP) is 3.71. The smallest absolute Gasteiger partial charge is 0.177 e. The first-order valence-electron chi connectivity index (χ1n) is 5.65. The molecular formula is C12H20N2OS2. The lowest BCUT2D eigenvalue weighted by Crippen LogP contribution is -2.08. The van der Waals surface area contributed by atoms with E-state index in [0.29, 0.717) is 16.6 Å². The van der Waals surface area contributed by atoms with Gasteiger partial charge in [0.1, 0.15) is 5.00 Å². The van der Waals surface area contributed by atoms with E-state index in [-0.39, 0.29) is 11.7 Å². The molecule has 0 unspecified atom stereocenters. The molecule has 0 fully saturated rings. The van der Waals surface area contributed by atoms with Crippen LogP contribution in [0.2, 0.25) is 0 Å². The number of rotatable bonds is 5. The molecule has 0 spiro atoms. The van der Waals surface area contributed by atoms with Gasteiger partial charge in [-0.05, 0) is 20.1 Å². The van der Waals surface area contributed by atoms with Crippen molar-refractivity contribution < 1.29 is 4.79 Å². The zero-order valence-electron chi connectivity index (χ0n) is 11.0. The van der Waals surface area contributed by atoms with Gasteiger partial charge in [-0.2, -0.15) is 0 Å². The molecule has 1 aromatic heterocycles. The molecule has 1 heterocycles. The molecule has 0 aliphatic heterocycles. The number of hydrogen-bond donors (Lipinski definition) is 2. The first kappa shape index (κ1) is 14.4. The maximum Gasteiger partial charge on any atom is 0.177 e. The fourth-order valence-corrected chi connectivity index (χ4v) is 3.69. The van der Waals surface area contributed by atoms with Gasteiger partial charge < -0.3 is 11.1 Å². The lowest BCUT2D eigenvalue weighted by atomic mass is 10.1. The van der Waals surface area contributed by atoms with Crippen molar-refractivity contribution in [2.24, 2.45) is 5.92 Å². The van der Waals surface area contributed by atoms with E-state index >= 15 is 0 Å². The van der Waals surface area contributed by atoms with Gasteiger partial charge in [0, 0.05) is 12.0 Å². The molecule has 0 aliphatic rings. The SMILES string of the molecule is CSc1c(NC(C)C)sc(C(=O)C(C)C)c1N. The predicted molar refractivity (Wildman–Crippen MR) is 78.4 cm³/mol. The third kappa shape index (κ3) is 3.16. The third-order valence-electron chi connectivity index (χ3n) is 2.27. The van der Waals surface area contributed by atoms with Gasteiger partial charge in [-0.1, -0.05) is 13.8 Å². The summed E-state index contributed by atoms with van der Waals surface area (Å²) in [5, 5.41) is 4.35. The van der Waals surface area contributed by atoms with Crippen LogP contribution in [0.15, 0.2) is 4.90 Å². The Kier molecular flexibility index (Phi) is 4.89. The number of thiophene rings is 1. The average Bonchev–Trinajstić information content (AvgIpc) is 2.52. The van der Waals surface area contributed by atoms with Crippen LogP contribution in [0, 0.1) is 5.92 Å². The van der Waals surface area contributed by atoms with Crippen LogP contribution in [-0.2, 0) is 0 Å². The van der Waals surface area contributed by atoms with Crippen molar-refractivity contribution in [3.8, 4) is 0 Å². The van der Waals surface area contributed by atoms with E-state index in [1.807, 2.05) is 20.1 Å². The highest BCUT2D eigenvalue weighted by molar-refractivity contribution is 7.99. The van der Waals surface area contributed by atoms with Gasteiger partial charge in [-0.15, -0.1) is 23.1 Å². The summed E-state index contributed by atoms with van der Waals surface area (Å²) in [4.78, 5) is 13.7. The van der Waals surface area contributed by atoms with Crippen molar-refractivity contribution in [3.05, 3.63) is 4.88 Å². The van der Waals surface area contributed by atoms with E-state index < -0.39 is 0 Å². The minimum Gasteiger partial charge on any atom is -0.396 e. The monoisotopic (exact) mass is 272 g/mol. The highest BCUT2D eigenvalue weighted by atomic mass is 32.2. The number of hydrogen-bond acceptors (Lipinski definition) is 5. The molecule has 0 aliphatic carbocycles. The maximum absolute atomic E-state index is 12.0. The van der Waals surface area contributed by atoms with E-state index in [1.54, 1.807) is 11.8 Å². The van der Waals surface area contributed by atoms with Gasteiger partial charge >= 0.3 is 0 Å². The Morgan fingerprint density at radius 1 is 1.35 bits per heavy atom. The van der Waals surface area contributed by atoms with Crippen LogP contribution in [0.5, 0.6) is 0 Å². The Morgan fingerprint density at radius 2 is 1.94 bits per heavy atom. The van der Waals surface area contributed by atoms with Crippen LogP contribution in [0.4, 0.5) is 10.7 Å². The van der Waals surface area contributed by atoms with Crippen LogP contribution < -0.4 is 11.1 Å². The number of carbonyl (C=O) groups excluding carboxylic acids is 1. The number of ketones is 1. The summed E-state index contributed by atoms with van der Waals surface area (Å²) in [6.45, 7) is 7.94. The van der Waals surface area contributed by atoms with E-state index in [9.17, 15) is 4.79 Å². The van der Waals surface area contributed by atoms with E-state index in [2.05, 4.69) is 19.2 Å². The molecule has 96 valence electrons. The zero-order valence-corrected chi connectivity index (χ0v) is 12.6. The third-order valence-corrected chi connectivity index (χ3v) is 4.38. The summed E-state index contributed by atoms with van der Waals surface area (Å²) in [5.74, 6) is 0.108. The summed E-state index contributed by atoms with van der Waals surface area (Å²) in [5.41, 5.74) is 6.69. The minimum absolute atomic E-state index is 0.0162. The lowest BCUT2D eigenvalue weighted by molar-refractivity contribution is 0.0944. The average molecular weight is 272 g/mol. The van der Waals surface area contributed by atoms with E-state index in [4.69, 9.17) is 5.73 Å². The van der Waals surface area contributed by atoms with Gasteiger partial charge in [-0.25, -0.2) is 0 Å². The Balaban J connectivity index is 3.17. The molecule has 1 rings (SSSR count). The molecule has 0 saturated carbocycles. The van der Waals surface area contributed by atoms with Gasteiger partial charge in [0.15, 0.2) is 5.78 Å². The van der Waals surface area contributed by atoms with Crippen LogP contribution in [0.3, 0.4) is 0 Å². The topological polar surface area (TPSA) is 55.1 Å². The Morgan fingerprint density at radius 3 is 2.35 bits per heavy atom. The molecule has 0 atom stereocenters. The van der Waals surface area contributed by atoms with Crippen LogP contribution >= 0.6 is 23.1 Å². The minimum atomic E-state index is -0.0162. The Bertz CT molecular complexity index is 411. The maximum atomic E-state index is 12.0. The quantitative estimate of drug-likeness (QED) is 0.634. The molecule has 1 aromatic rings. The Labute approximate surface area is 111 Å². The highest BCUT2D eigenvalue weighted by Gasteiger charge is 2.22. The second-order valence-corrected chi connectivity index (χ2v) is 6.36. The molecular weight excluding hydrogens is 252 g/mol. The number of anilines is 2. The fraction of sp³-hybridized carbons (Fsp3) is 0.583. The van der Waals surface area contributed by atoms with E-state index in [0.717, 1.165) is 9.90 Å². The van der Waals surface area contributed by atoms with Gasteiger partial charge in [-0.3, -0.25) is 4.79 Å². The number of nitrogen functional groups attached to an aromatic ring is 1. The van der Waals surface area contributed by atoms with Crippen molar-refractivity contribution in [2.75, 3.05) is 17.3 Å². The molecule has 0 saturated heterocycles. The largest absolute Gasteiger partial charge is 0.396 e. The summed E-state index contributed by atoms with van der Waals surface area (Å²) < 4.78 is 0. The van der Waals surface area contributed by atoms with Crippen molar-refractivity contribution in [1.82, 2.24) is 0 Å². The molecule has 3 N–H and O–H groups in total. The normalized spacial score (nSPS) is 11.2. The van der Waals surface area contributed by atoms with Gasteiger partial charge in [0.05, 0.1) is 15.5 Å². The summed E-state index contributed by atoms with van der Waals surface area (Å²) in [6, 6.07) is 0.334. The summed E-state index contributed by atoms with van der Waals surface area (Å²) in [6.07, 6.45) is 1.98. The van der Waals surface area contributed by atoms with Crippen LogP contribution in [0.1, 0.15) is 37.4 Å². The number of thioether (sulfide) groups is 1. The highest BCUT2D eigenvalue weighted by Crippen LogP contribution is 2.42. The number of nitrogens with one attached hydrogen (secondary N) is 1. The van der Waals surface area contributed by atoms with Crippen molar-refractivity contribution >= 4 is 39.6 Å². The first-order chi connectivity index (χ1) is 7.88. The molecule has 0 amide bonds. The summed E-state index contributed by atoms with van der Waals surface area (Å²) >= 11 is 3.05. The van der Waals surface area contributed by atoms with Gasteiger partial charge in [0.25, 0.3) is 0 Å². The molecule has 17 heavy (non-hydrogen) atoms. The van der Waals surface area contributed by atoms with Crippen molar-refractivity contribution in [1.29, 1.82) is 0 Å². The van der Waals surface area contributed by atoms with Crippen molar-refractivity contribution in [3.63, 3.8) is 0 Å². The van der Waals surface area contributed by atoms with Crippen LogP contribution in [0.25, 0.3) is 0 Å². The number of nitrogens with two attached hydrogens (primary N) is 1. The first-order valence-corrected chi connectivity index (χ1v) is 7.69. The van der Waals surface area contributed by atoms with Gasteiger partial charge in [0.2, 0.25) is 0 Å². The molecule has 0 bridgehead atoms. The standard InChI is InChI=1S/C12H20N2OS2/c1-6(2)9(15)10-8(13)11(16-5)12(17-10)14-7(3)4/h6-7,14H,13H2,1-5H3. The second-order valence-electron chi connectivity index (χ2n) is 4.53. The number of Topliss-reactive ketones (excluding diaryl/α,β-unsaturated/α-hetero) is 1. The zero-order chi connectivity index (χ0) is 13.2.